The topological polar surface area (TPSA) is 210 Å². The lowest BCUT2D eigenvalue weighted by Crippen LogP contribution is -2.32. The molecule has 0 radical (unpaired) electrons. The average Bonchev–Trinajstić information content (AvgIpc) is 2.52. The summed E-state index contributed by atoms with van der Waals surface area (Å²) >= 11 is 0. The lowest BCUT2D eigenvalue weighted by molar-refractivity contribution is -0.00592. The Kier molecular flexibility index (Phi) is 6.27. The van der Waals surface area contributed by atoms with Gasteiger partial charge in [0.2, 0.25) is 0 Å². The van der Waals surface area contributed by atoms with Crippen molar-refractivity contribution in [2.75, 3.05) is 13.2 Å². The fourth-order valence-corrected chi connectivity index (χ4v) is 4.31. The molecular weight excluding hydrogens is 361 g/mol. The van der Waals surface area contributed by atoms with Crippen molar-refractivity contribution in [3.8, 4) is 0 Å². The van der Waals surface area contributed by atoms with E-state index in [1.165, 1.54) is 0 Å². The van der Waals surface area contributed by atoms with Crippen LogP contribution < -0.4 is 0 Å². The predicted molar refractivity (Wildman–Crippen MR) is 61.6 cm³/mol. The van der Waals surface area contributed by atoms with E-state index in [4.69, 9.17) is 29.4 Å². The highest BCUT2D eigenvalue weighted by molar-refractivity contribution is 7.66. The van der Waals surface area contributed by atoms with E-state index in [-0.39, 0.29) is 6.61 Å². The van der Waals surface area contributed by atoms with Gasteiger partial charge in [0.1, 0.15) is 18.3 Å². The summed E-state index contributed by atoms with van der Waals surface area (Å²) in [5, 5.41) is 18.5. The first kappa shape index (κ1) is 19.3. The molecule has 0 aliphatic carbocycles. The van der Waals surface area contributed by atoms with Crippen molar-refractivity contribution in [2.45, 2.75) is 18.3 Å². The average molecular weight is 374 g/mol. The third-order valence-electron chi connectivity index (χ3n) is 2.07. The molecule has 1 heterocycles. The van der Waals surface area contributed by atoms with E-state index in [0.717, 1.165) is 0 Å². The van der Waals surface area contributed by atoms with Gasteiger partial charge in [0, 0.05) is 0 Å². The SMILES string of the molecule is O=P(O)(O)OP(=O)(O)OP(=O)(O)OC[C@H]1OC[C@H](O)[C@@H]1O. The van der Waals surface area contributed by atoms with Crippen LogP contribution in [0.4, 0.5) is 0 Å². The van der Waals surface area contributed by atoms with Gasteiger partial charge in [-0.05, 0) is 0 Å². The number of aliphatic hydroxyl groups excluding tert-OH is 2. The van der Waals surface area contributed by atoms with Gasteiger partial charge in [-0.3, -0.25) is 4.52 Å². The van der Waals surface area contributed by atoms with Crippen LogP contribution in [0.15, 0.2) is 0 Å². The minimum absolute atomic E-state index is 0.258. The number of phosphoric ester groups is 1. The van der Waals surface area contributed by atoms with Crippen molar-refractivity contribution in [2.24, 2.45) is 0 Å². The summed E-state index contributed by atoms with van der Waals surface area (Å²) in [6, 6.07) is 0. The molecule has 0 aromatic rings. The molecule has 0 spiro atoms. The fraction of sp³-hybridized carbons (Fsp3) is 1.00. The zero-order valence-corrected chi connectivity index (χ0v) is 12.7. The Balaban J connectivity index is 2.56. The van der Waals surface area contributed by atoms with E-state index in [1.807, 2.05) is 0 Å². The Morgan fingerprint density at radius 1 is 1.00 bits per heavy atom. The van der Waals surface area contributed by atoms with Crippen molar-refractivity contribution >= 4 is 23.5 Å². The van der Waals surface area contributed by atoms with Gasteiger partial charge in [-0.15, -0.1) is 0 Å². The first-order valence-electron chi connectivity index (χ1n) is 5.07. The summed E-state index contributed by atoms with van der Waals surface area (Å²) in [6.45, 7) is -1.06. The van der Waals surface area contributed by atoms with Crippen molar-refractivity contribution in [3.63, 3.8) is 0 Å². The summed E-state index contributed by atoms with van der Waals surface area (Å²) in [4.78, 5) is 34.6. The number of rotatable bonds is 7. The van der Waals surface area contributed by atoms with Crippen LogP contribution in [0.25, 0.3) is 0 Å². The molecule has 1 rings (SSSR count). The fourth-order valence-electron chi connectivity index (χ4n) is 1.28. The maximum absolute atomic E-state index is 11.3. The van der Waals surface area contributed by atoms with Crippen molar-refractivity contribution in [1.29, 1.82) is 0 Å². The normalized spacial score (nSPS) is 32.6. The molecule has 13 nitrogen and oxygen atoms in total. The van der Waals surface area contributed by atoms with Crippen molar-refractivity contribution < 1.29 is 61.4 Å². The maximum atomic E-state index is 11.3. The molecule has 5 atom stereocenters. The third-order valence-corrected chi connectivity index (χ3v) is 5.88. The van der Waals surface area contributed by atoms with Crippen LogP contribution in [0.3, 0.4) is 0 Å². The molecule has 6 N–H and O–H groups in total. The predicted octanol–water partition coefficient (Wildman–Crippen LogP) is -1.55. The van der Waals surface area contributed by atoms with Crippen LogP contribution in [-0.4, -0.2) is 61.3 Å². The van der Waals surface area contributed by atoms with Gasteiger partial charge in [0.05, 0.1) is 13.2 Å². The van der Waals surface area contributed by atoms with Gasteiger partial charge in [-0.1, -0.05) is 0 Å². The van der Waals surface area contributed by atoms with Crippen LogP contribution in [-0.2, 0) is 31.6 Å². The lowest BCUT2D eigenvalue weighted by Gasteiger charge is -2.19. The molecule has 0 bridgehead atoms. The first-order valence-corrected chi connectivity index (χ1v) is 9.59. The summed E-state index contributed by atoms with van der Waals surface area (Å²) in [5.74, 6) is 0. The van der Waals surface area contributed by atoms with Crippen LogP contribution in [0.2, 0.25) is 0 Å². The quantitative estimate of drug-likeness (QED) is 0.279. The number of ether oxygens (including phenoxy) is 1. The van der Waals surface area contributed by atoms with Gasteiger partial charge in [0.15, 0.2) is 0 Å². The van der Waals surface area contributed by atoms with E-state index in [9.17, 15) is 18.8 Å². The Morgan fingerprint density at radius 3 is 2.00 bits per heavy atom. The number of phosphoric acid groups is 3. The largest absolute Gasteiger partial charge is 0.490 e. The summed E-state index contributed by atoms with van der Waals surface area (Å²) in [6.07, 6.45) is -3.86. The Hall–Kier alpha value is 0.290. The van der Waals surface area contributed by atoms with E-state index >= 15 is 0 Å². The smallest absolute Gasteiger partial charge is 0.388 e. The van der Waals surface area contributed by atoms with Gasteiger partial charge in [-0.25, -0.2) is 13.7 Å². The highest BCUT2D eigenvalue weighted by atomic mass is 31.3. The highest BCUT2D eigenvalue weighted by Gasteiger charge is 2.42. The van der Waals surface area contributed by atoms with Gasteiger partial charge in [0.25, 0.3) is 0 Å². The molecule has 21 heavy (non-hydrogen) atoms. The van der Waals surface area contributed by atoms with E-state index < -0.39 is 48.4 Å². The standard InChI is InChI=1S/C5H13O13P3/c6-3-1-15-4(5(3)7)2-16-20(11,12)18-21(13,14)17-19(8,9)10/h3-7H,1-2H2,(H,11,12)(H,13,14)(H2,8,9,10)/t3-,4+,5-/m0/s1. The maximum Gasteiger partial charge on any atom is 0.490 e. The Labute approximate surface area is 117 Å². The first-order chi connectivity index (χ1) is 9.31. The van der Waals surface area contributed by atoms with Crippen LogP contribution in [0.1, 0.15) is 0 Å². The lowest BCUT2D eigenvalue weighted by atomic mass is 10.2. The van der Waals surface area contributed by atoms with E-state index in [0.29, 0.717) is 0 Å². The molecule has 126 valence electrons. The molecule has 2 unspecified atom stereocenters. The second-order valence-corrected chi connectivity index (χ2v) is 8.24. The van der Waals surface area contributed by atoms with E-state index in [1.54, 1.807) is 0 Å². The molecule has 0 amide bonds. The van der Waals surface area contributed by atoms with Crippen LogP contribution in [0.5, 0.6) is 0 Å². The monoisotopic (exact) mass is 374 g/mol. The van der Waals surface area contributed by atoms with Crippen LogP contribution in [0, 0.1) is 0 Å². The third kappa shape index (κ3) is 6.93. The minimum atomic E-state index is -5.58. The van der Waals surface area contributed by atoms with Crippen LogP contribution >= 0.6 is 23.5 Å². The number of hydrogen-bond acceptors (Lipinski definition) is 9. The molecule has 0 aromatic heterocycles. The molecule has 1 fully saturated rings. The van der Waals surface area contributed by atoms with Gasteiger partial charge >= 0.3 is 23.5 Å². The second kappa shape index (κ2) is 6.81. The summed E-state index contributed by atoms with van der Waals surface area (Å²) < 4.78 is 48.6. The van der Waals surface area contributed by atoms with Crippen molar-refractivity contribution in [1.82, 2.24) is 0 Å². The molecule has 1 aliphatic heterocycles. The van der Waals surface area contributed by atoms with Gasteiger partial charge < -0.3 is 34.5 Å². The molecular formula is C5H13O13P3. The highest BCUT2D eigenvalue weighted by Crippen LogP contribution is 2.66. The zero-order chi connectivity index (χ0) is 16.5. The van der Waals surface area contributed by atoms with E-state index in [2.05, 4.69) is 13.1 Å². The minimum Gasteiger partial charge on any atom is -0.388 e. The summed E-state index contributed by atoms with van der Waals surface area (Å²) in [7, 11) is -16.3. The molecule has 1 aliphatic rings. The number of aliphatic hydroxyl groups is 2. The van der Waals surface area contributed by atoms with Crippen molar-refractivity contribution in [3.05, 3.63) is 0 Å². The second-order valence-electron chi connectivity index (χ2n) is 3.82. The molecule has 16 heteroatoms. The van der Waals surface area contributed by atoms with Gasteiger partial charge in [-0.2, -0.15) is 8.62 Å². The Morgan fingerprint density at radius 2 is 1.57 bits per heavy atom. The Bertz CT molecular complexity index is 498. The summed E-state index contributed by atoms with van der Waals surface area (Å²) in [5.41, 5.74) is 0. The molecule has 1 saturated heterocycles. The molecule has 0 saturated carbocycles. The molecule has 0 aromatic carbocycles. The number of hydrogen-bond donors (Lipinski definition) is 6. The zero-order valence-electron chi connectivity index (χ0n) is 10.0.